The normalized spacial score (nSPS) is 8.11. The van der Waals surface area contributed by atoms with Gasteiger partial charge in [0.05, 0.1) is 0 Å². The first-order valence-corrected chi connectivity index (χ1v) is 2.78. The Morgan fingerprint density at radius 3 is 1.56 bits per heavy atom. The Hall–Kier alpha value is -0.840. The molecule has 0 heterocycles. The second-order valence-corrected chi connectivity index (χ2v) is 1.59. The second-order valence-electron chi connectivity index (χ2n) is 1.13. The summed E-state index contributed by atoms with van der Waals surface area (Å²) in [6.07, 6.45) is 0. The van der Waals surface area contributed by atoms with Crippen molar-refractivity contribution in [1.29, 1.82) is 0 Å². The van der Waals surface area contributed by atoms with Crippen molar-refractivity contribution >= 4 is 27.9 Å². The predicted octanol–water partition coefficient (Wildman–Crippen LogP) is 0.434. The highest BCUT2D eigenvalue weighted by atomic mass is 79.9. The molecule has 0 bridgehead atoms. The van der Waals surface area contributed by atoms with Crippen molar-refractivity contribution < 1.29 is 19.8 Å². The third-order valence-electron chi connectivity index (χ3n) is 0.570. The van der Waals surface area contributed by atoms with Crippen LogP contribution in [0.25, 0.3) is 0 Å². The van der Waals surface area contributed by atoms with Crippen LogP contribution < -0.4 is 0 Å². The monoisotopic (exact) mass is 194 g/mol. The van der Waals surface area contributed by atoms with E-state index in [0.717, 1.165) is 4.99 Å². The van der Waals surface area contributed by atoms with E-state index in [1.807, 2.05) is 0 Å². The van der Waals surface area contributed by atoms with Gasteiger partial charge in [-0.15, -0.1) is 0 Å². The summed E-state index contributed by atoms with van der Waals surface area (Å²) < 4.78 is 0. The van der Waals surface area contributed by atoms with E-state index in [4.69, 9.17) is 10.2 Å². The Labute approximate surface area is 58.9 Å². The SMILES string of the molecule is O=C(O)C(=CBr)C(=O)O. The third-order valence-corrected chi connectivity index (χ3v) is 1.03. The van der Waals surface area contributed by atoms with E-state index < -0.39 is 17.5 Å². The summed E-state index contributed by atoms with van der Waals surface area (Å²) in [7, 11) is 0. The molecule has 0 aromatic carbocycles. The topological polar surface area (TPSA) is 74.6 Å². The number of carboxylic acids is 2. The second kappa shape index (κ2) is 3.24. The van der Waals surface area contributed by atoms with E-state index in [2.05, 4.69) is 15.9 Å². The predicted molar refractivity (Wildman–Crippen MR) is 32.3 cm³/mol. The van der Waals surface area contributed by atoms with Crippen molar-refractivity contribution in [3.63, 3.8) is 0 Å². The minimum absolute atomic E-state index is 0.685. The fourth-order valence-corrected chi connectivity index (χ4v) is 0.576. The Balaban J connectivity index is 4.38. The highest BCUT2D eigenvalue weighted by Gasteiger charge is 2.13. The molecule has 9 heavy (non-hydrogen) atoms. The van der Waals surface area contributed by atoms with Crippen LogP contribution in [0.3, 0.4) is 0 Å². The van der Waals surface area contributed by atoms with Gasteiger partial charge in [-0.2, -0.15) is 0 Å². The number of carbonyl (C=O) groups is 2. The molecule has 0 aromatic rings. The molecule has 0 atom stereocenters. The molecule has 4 nitrogen and oxygen atoms in total. The zero-order valence-corrected chi connectivity index (χ0v) is 5.75. The van der Waals surface area contributed by atoms with Crippen molar-refractivity contribution in [2.75, 3.05) is 0 Å². The van der Waals surface area contributed by atoms with Crippen LogP contribution in [0, 0.1) is 0 Å². The molecule has 0 saturated carbocycles. The van der Waals surface area contributed by atoms with E-state index in [9.17, 15) is 9.59 Å². The van der Waals surface area contributed by atoms with E-state index in [1.54, 1.807) is 0 Å². The maximum absolute atomic E-state index is 9.89. The zero-order valence-electron chi connectivity index (χ0n) is 4.17. The lowest BCUT2D eigenvalue weighted by atomic mass is 10.3. The summed E-state index contributed by atoms with van der Waals surface area (Å²) in [4.78, 5) is 20.6. The smallest absolute Gasteiger partial charge is 0.343 e. The molecular weight excluding hydrogens is 192 g/mol. The Kier molecular flexibility index (Phi) is 2.94. The molecule has 0 spiro atoms. The first kappa shape index (κ1) is 8.16. The number of carboxylic acid groups (broad SMARTS) is 2. The standard InChI is InChI=1S/C4H3BrO4/c5-1-2(3(6)7)4(8)9/h1H,(H,6,7)(H,8,9). The van der Waals surface area contributed by atoms with Crippen LogP contribution in [0.2, 0.25) is 0 Å². The lowest BCUT2D eigenvalue weighted by Crippen LogP contribution is -2.09. The third kappa shape index (κ3) is 2.27. The lowest BCUT2D eigenvalue weighted by Gasteiger charge is -1.88. The van der Waals surface area contributed by atoms with Crippen molar-refractivity contribution in [3.8, 4) is 0 Å². The molecule has 0 rings (SSSR count). The minimum atomic E-state index is -1.46. The molecule has 0 aliphatic carbocycles. The van der Waals surface area contributed by atoms with Gasteiger partial charge in [-0.05, 0) is 0 Å². The average Bonchev–Trinajstić information content (AvgIpc) is 1.64. The van der Waals surface area contributed by atoms with Crippen molar-refractivity contribution in [2.45, 2.75) is 0 Å². The molecule has 0 saturated heterocycles. The molecule has 0 unspecified atom stereocenters. The largest absolute Gasteiger partial charge is 0.477 e. The molecule has 5 heteroatoms. The molecule has 2 N–H and O–H groups in total. The summed E-state index contributed by atoms with van der Waals surface area (Å²) in [5.74, 6) is -2.92. The fourth-order valence-electron chi connectivity index (χ4n) is 0.185. The van der Waals surface area contributed by atoms with Crippen LogP contribution in [-0.2, 0) is 9.59 Å². The van der Waals surface area contributed by atoms with E-state index in [0.29, 0.717) is 0 Å². The number of halogens is 1. The van der Waals surface area contributed by atoms with Gasteiger partial charge >= 0.3 is 11.9 Å². The Bertz CT molecular complexity index is 155. The summed E-state index contributed by atoms with van der Waals surface area (Å²) in [6.45, 7) is 0. The van der Waals surface area contributed by atoms with Crippen LogP contribution in [0.15, 0.2) is 10.6 Å². The molecular formula is C4H3BrO4. The Morgan fingerprint density at radius 1 is 1.22 bits per heavy atom. The Morgan fingerprint density at radius 2 is 1.56 bits per heavy atom. The van der Waals surface area contributed by atoms with E-state index in [-0.39, 0.29) is 0 Å². The number of rotatable bonds is 2. The average molecular weight is 195 g/mol. The first-order chi connectivity index (χ1) is 4.09. The molecule has 0 aliphatic heterocycles. The van der Waals surface area contributed by atoms with Gasteiger partial charge in [0.1, 0.15) is 0 Å². The minimum Gasteiger partial charge on any atom is -0.477 e. The number of aliphatic carboxylic acids is 2. The summed E-state index contributed by atoms with van der Waals surface area (Å²) in [5, 5.41) is 16.1. The van der Waals surface area contributed by atoms with Gasteiger partial charge in [-0.3, -0.25) is 0 Å². The lowest BCUT2D eigenvalue weighted by molar-refractivity contribution is -0.140. The highest BCUT2D eigenvalue weighted by molar-refractivity contribution is 9.11. The van der Waals surface area contributed by atoms with Crippen LogP contribution in [0.1, 0.15) is 0 Å². The summed E-state index contributed by atoms with van der Waals surface area (Å²) in [6, 6.07) is 0. The molecule has 50 valence electrons. The maximum atomic E-state index is 9.89. The van der Waals surface area contributed by atoms with Crippen LogP contribution in [-0.4, -0.2) is 22.2 Å². The van der Waals surface area contributed by atoms with Crippen LogP contribution >= 0.6 is 15.9 Å². The van der Waals surface area contributed by atoms with Crippen molar-refractivity contribution in [1.82, 2.24) is 0 Å². The molecule has 0 aromatic heterocycles. The van der Waals surface area contributed by atoms with E-state index >= 15 is 0 Å². The summed E-state index contributed by atoms with van der Waals surface area (Å²) in [5.41, 5.74) is -0.685. The van der Waals surface area contributed by atoms with Crippen molar-refractivity contribution in [2.24, 2.45) is 0 Å². The van der Waals surface area contributed by atoms with E-state index in [1.165, 1.54) is 0 Å². The van der Waals surface area contributed by atoms with Crippen LogP contribution in [0.4, 0.5) is 0 Å². The first-order valence-electron chi connectivity index (χ1n) is 1.86. The molecule has 0 radical (unpaired) electrons. The van der Waals surface area contributed by atoms with Gasteiger partial charge in [0.2, 0.25) is 0 Å². The van der Waals surface area contributed by atoms with Gasteiger partial charge in [0.25, 0.3) is 0 Å². The highest BCUT2D eigenvalue weighted by Crippen LogP contribution is 1.97. The van der Waals surface area contributed by atoms with Gasteiger partial charge in [-0.25, -0.2) is 9.59 Å². The van der Waals surface area contributed by atoms with Crippen molar-refractivity contribution in [3.05, 3.63) is 10.6 Å². The number of hydrogen-bond donors (Lipinski definition) is 2. The molecule has 0 amide bonds. The quantitative estimate of drug-likeness (QED) is 0.380. The maximum Gasteiger partial charge on any atom is 0.343 e. The zero-order chi connectivity index (χ0) is 7.44. The summed E-state index contributed by atoms with van der Waals surface area (Å²) >= 11 is 2.59. The number of hydrogen-bond acceptors (Lipinski definition) is 2. The van der Waals surface area contributed by atoms with Gasteiger partial charge < -0.3 is 10.2 Å². The fraction of sp³-hybridized carbons (Fsp3) is 0. The van der Waals surface area contributed by atoms with Gasteiger partial charge in [0.15, 0.2) is 5.57 Å². The van der Waals surface area contributed by atoms with Crippen LogP contribution in [0.5, 0.6) is 0 Å². The van der Waals surface area contributed by atoms with Gasteiger partial charge in [-0.1, -0.05) is 15.9 Å². The molecule has 0 fully saturated rings. The van der Waals surface area contributed by atoms with Gasteiger partial charge in [0, 0.05) is 4.99 Å². The molecule has 0 aliphatic rings.